The summed E-state index contributed by atoms with van der Waals surface area (Å²) in [4.78, 5) is 12.1. The maximum absolute atomic E-state index is 11.9. The van der Waals surface area contributed by atoms with E-state index in [0.29, 0.717) is 22.3 Å². The number of hydrogen-bond donors (Lipinski definition) is 3. The summed E-state index contributed by atoms with van der Waals surface area (Å²) >= 11 is 11.1. The molecule has 0 spiro atoms. The molecule has 1 atom stereocenters. The number of halogens is 1. The number of nitrogens with one attached hydrogen (secondary N) is 2. The van der Waals surface area contributed by atoms with E-state index in [9.17, 15) is 4.79 Å². The topological polar surface area (TPSA) is 67.1 Å². The number of nitrogens with two attached hydrogens (primary N) is 1. The highest BCUT2D eigenvalue weighted by atomic mass is 35.5. The summed E-state index contributed by atoms with van der Waals surface area (Å²) < 4.78 is 0. The van der Waals surface area contributed by atoms with Crippen molar-refractivity contribution >= 4 is 40.4 Å². The molecule has 0 radical (unpaired) electrons. The fourth-order valence-electron chi connectivity index (χ4n) is 1.75. The number of carbonyl (C=O) groups is 1. The van der Waals surface area contributed by atoms with Crippen LogP contribution in [0.3, 0.4) is 0 Å². The summed E-state index contributed by atoms with van der Waals surface area (Å²) in [7, 11) is 0. The van der Waals surface area contributed by atoms with E-state index in [1.54, 1.807) is 25.1 Å². The molecule has 2 rings (SSSR count). The van der Waals surface area contributed by atoms with Crippen LogP contribution in [0.4, 0.5) is 5.69 Å². The van der Waals surface area contributed by atoms with Crippen LogP contribution in [0.2, 0.25) is 5.02 Å². The summed E-state index contributed by atoms with van der Waals surface area (Å²) in [5, 5.41) is 6.52. The van der Waals surface area contributed by atoms with Gasteiger partial charge in [-0.3, -0.25) is 4.79 Å². The van der Waals surface area contributed by atoms with E-state index in [0.717, 1.165) is 12.8 Å². The van der Waals surface area contributed by atoms with Gasteiger partial charge in [-0.15, -0.1) is 0 Å². The standard InChI is InChI=1S/C13H16ClN3OS/c1-7(13(18)17-8-5-6-8)16-10-4-2-3-9(14)11(10)12(15)19/h2-4,7-8,16H,5-6H2,1H3,(H2,15,19)(H,17,18). The van der Waals surface area contributed by atoms with Gasteiger partial charge >= 0.3 is 0 Å². The van der Waals surface area contributed by atoms with Crippen molar-refractivity contribution in [2.45, 2.75) is 31.8 Å². The van der Waals surface area contributed by atoms with Crippen molar-refractivity contribution in [2.24, 2.45) is 5.73 Å². The molecule has 1 aliphatic carbocycles. The molecule has 1 aromatic rings. The van der Waals surface area contributed by atoms with Crippen LogP contribution in [-0.4, -0.2) is 23.0 Å². The van der Waals surface area contributed by atoms with Crippen LogP contribution in [-0.2, 0) is 4.79 Å². The predicted octanol–water partition coefficient (Wildman–Crippen LogP) is 2.05. The first-order valence-corrected chi connectivity index (χ1v) is 6.93. The molecule has 0 saturated heterocycles. The third kappa shape index (κ3) is 3.58. The minimum Gasteiger partial charge on any atom is -0.389 e. The van der Waals surface area contributed by atoms with Gasteiger partial charge in [0.05, 0.1) is 10.6 Å². The first-order valence-electron chi connectivity index (χ1n) is 6.14. The lowest BCUT2D eigenvalue weighted by Crippen LogP contribution is -2.39. The maximum atomic E-state index is 11.9. The smallest absolute Gasteiger partial charge is 0.242 e. The highest BCUT2D eigenvalue weighted by Gasteiger charge is 2.26. The third-order valence-electron chi connectivity index (χ3n) is 2.95. The Morgan fingerprint density at radius 3 is 2.79 bits per heavy atom. The Labute approximate surface area is 122 Å². The first kappa shape index (κ1) is 14.1. The Morgan fingerprint density at radius 1 is 1.53 bits per heavy atom. The Balaban J connectivity index is 2.11. The highest BCUT2D eigenvalue weighted by molar-refractivity contribution is 7.80. The minimum atomic E-state index is -0.368. The van der Waals surface area contributed by atoms with Gasteiger partial charge in [-0.2, -0.15) is 0 Å². The molecule has 4 N–H and O–H groups in total. The van der Waals surface area contributed by atoms with Gasteiger partial charge in [0, 0.05) is 11.7 Å². The molecule has 0 heterocycles. The van der Waals surface area contributed by atoms with Gasteiger partial charge in [-0.25, -0.2) is 0 Å². The molecule has 0 aliphatic heterocycles. The fraction of sp³-hybridized carbons (Fsp3) is 0.385. The largest absolute Gasteiger partial charge is 0.389 e. The maximum Gasteiger partial charge on any atom is 0.242 e. The van der Waals surface area contributed by atoms with Crippen molar-refractivity contribution < 1.29 is 4.79 Å². The molecule has 1 amide bonds. The van der Waals surface area contributed by atoms with Crippen LogP contribution < -0.4 is 16.4 Å². The second kappa shape index (κ2) is 5.75. The SMILES string of the molecule is CC(Nc1cccc(Cl)c1C(N)=S)C(=O)NC1CC1. The summed E-state index contributed by atoms with van der Waals surface area (Å²) in [6.45, 7) is 1.79. The lowest BCUT2D eigenvalue weighted by molar-refractivity contribution is -0.121. The summed E-state index contributed by atoms with van der Waals surface area (Å²) in [5.74, 6) is -0.0311. The lowest BCUT2D eigenvalue weighted by Gasteiger charge is -2.18. The van der Waals surface area contributed by atoms with Gasteiger partial charge in [0.1, 0.15) is 11.0 Å². The van der Waals surface area contributed by atoms with E-state index in [-0.39, 0.29) is 16.9 Å². The Bertz CT molecular complexity index is 517. The van der Waals surface area contributed by atoms with Crippen LogP contribution in [0, 0.1) is 0 Å². The first-order chi connectivity index (χ1) is 8.99. The molecule has 6 heteroatoms. The number of amides is 1. The van der Waals surface area contributed by atoms with Gasteiger partial charge in [-0.1, -0.05) is 29.9 Å². The Morgan fingerprint density at radius 2 is 2.21 bits per heavy atom. The number of rotatable bonds is 5. The van der Waals surface area contributed by atoms with Crippen LogP contribution in [0.5, 0.6) is 0 Å². The molecule has 1 aliphatic rings. The monoisotopic (exact) mass is 297 g/mol. The van der Waals surface area contributed by atoms with Crippen LogP contribution >= 0.6 is 23.8 Å². The van der Waals surface area contributed by atoms with Gasteiger partial charge in [0.2, 0.25) is 5.91 Å². The number of hydrogen-bond acceptors (Lipinski definition) is 3. The van der Waals surface area contributed by atoms with Crippen LogP contribution in [0.25, 0.3) is 0 Å². The predicted molar refractivity (Wildman–Crippen MR) is 81.6 cm³/mol. The zero-order valence-electron chi connectivity index (χ0n) is 10.6. The molecule has 1 aromatic carbocycles. The molecule has 1 fully saturated rings. The van der Waals surface area contributed by atoms with E-state index in [4.69, 9.17) is 29.6 Å². The van der Waals surface area contributed by atoms with E-state index in [2.05, 4.69) is 10.6 Å². The van der Waals surface area contributed by atoms with Gasteiger partial charge in [0.15, 0.2) is 0 Å². The Hall–Kier alpha value is -1.33. The van der Waals surface area contributed by atoms with Crippen molar-refractivity contribution in [1.29, 1.82) is 0 Å². The van der Waals surface area contributed by atoms with Crippen molar-refractivity contribution in [2.75, 3.05) is 5.32 Å². The van der Waals surface area contributed by atoms with E-state index in [1.165, 1.54) is 0 Å². The van der Waals surface area contributed by atoms with E-state index in [1.807, 2.05) is 0 Å². The molecule has 0 bridgehead atoms. The molecule has 0 aromatic heterocycles. The zero-order valence-corrected chi connectivity index (χ0v) is 12.1. The van der Waals surface area contributed by atoms with Crippen LogP contribution in [0.15, 0.2) is 18.2 Å². The number of thiocarbonyl (C=S) groups is 1. The number of benzene rings is 1. The van der Waals surface area contributed by atoms with E-state index < -0.39 is 0 Å². The lowest BCUT2D eigenvalue weighted by atomic mass is 10.1. The highest BCUT2D eigenvalue weighted by Crippen LogP contribution is 2.25. The minimum absolute atomic E-state index is 0.0311. The number of carbonyl (C=O) groups excluding carboxylic acids is 1. The summed E-state index contributed by atoms with van der Waals surface area (Å²) in [6, 6.07) is 5.29. The second-order valence-electron chi connectivity index (χ2n) is 4.68. The molecule has 1 unspecified atom stereocenters. The van der Waals surface area contributed by atoms with Crippen molar-refractivity contribution in [1.82, 2.24) is 5.32 Å². The normalized spacial score (nSPS) is 15.7. The van der Waals surface area contributed by atoms with Crippen molar-refractivity contribution in [3.05, 3.63) is 28.8 Å². The van der Waals surface area contributed by atoms with Crippen molar-refractivity contribution in [3.63, 3.8) is 0 Å². The summed E-state index contributed by atoms with van der Waals surface area (Å²) in [6.07, 6.45) is 2.13. The van der Waals surface area contributed by atoms with Crippen LogP contribution in [0.1, 0.15) is 25.3 Å². The van der Waals surface area contributed by atoms with Gasteiger partial charge in [-0.05, 0) is 31.9 Å². The van der Waals surface area contributed by atoms with Gasteiger partial charge in [0.25, 0.3) is 0 Å². The quantitative estimate of drug-likeness (QED) is 0.728. The Kier molecular flexibility index (Phi) is 4.27. The van der Waals surface area contributed by atoms with Gasteiger partial charge < -0.3 is 16.4 Å². The molecular weight excluding hydrogens is 282 g/mol. The third-order valence-corrected chi connectivity index (χ3v) is 3.47. The molecule has 102 valence electrons. The molecule has 4 nitrogen and oxygen atoms in total. The molecule has 1 saturated carbocycles. The average molecular weight is 298 g/mol. The summed E-state index contributed by atoms with van der Waals surface area (Å²) in [5.41, 5.74) is 6.92. The van der Waals surface area contributed by atoms with Crippen molar-refractivity contribution in [3.8, 4) is 0 Å². The molecular formula is C13H16ClN3OS. The fourth-order valence-corrected chi connectivity index (χ4v) is 2.30. The second-order valence-corrected chi connectivity index (χ2v) is 5.52. The molecule has 19 heavy (non-hydrogen) atoms. The number of anilines is 1. The zero-order chi connectivity index (χ0) is 14.0. The van der Waals surface area contributed by atoms with E-state index >= 15 is 0 Å². The average Bonchev–Trinajstić information content (AvgIpc) is 3.12.